The van der Waals surface area contributed by atoms with E-state index in [1.165, 1.54) is 18.2 Å². The maximum atomic E-state index is 13.8. The first-order valence-electron chi connectivity index (χ1n) is 12.1. The molecule has 1 aliphatic rings. The predicted molar refractivity (Wildman–Crippen MR) is 134 cm³/mol. The van der Waals surface area contributed by atoms with Crippen LogP contribution in [0.25, 0.3) is 0 Å². The van der Waals surface area contributed by atoms with Crippen molar-refractivity contribution in [3.05, 3.63) is 54.1 Å². The van der Waals surface area contributed by atoms with Crippen molar-refractivity contribution >= 4 is 15.9 Å². The number of aliphatic hydroxyl groups excluding tert-OH is 1. The van der Waals surface area contributed by atoms with E-state index in [1.54, 1.807) is 44.2 Å². The summed E-state index contributed by atoms with van der Waals surface area (Å²) in [5.74, 6) is -1.69. The van der Waals surface area contributed by atoms with Gasteiger partial charge in [0.25, 0.3) is 0 Å². The Balaban J connectivity index is 1.95. The first-order chi connectivity index (χ1) is 18.2. The normalized spacial score (nSPS) is 15.0. The fourth-order valence-electron chi connectivity index (χ4n) is 4.12. The molecule has 1 amide bonds. The van der Waals surface area contributed by atoms with Gasteiger partial charge in [0.05, 0.1) is 23.1 Å². The van der Waals surface area contributed by atoms with Crippen LogP contribution in [-0.2, 0) is 21.2 Å². The molecule has 0 aromatic heterocycles. The van der Waals surface area contributed by atoms with Crippen molar-refractivity contribution in [2.75, 3.05) is 19.9 Å². The second-order valence-corrected chi connectivity index (χ2v) is 11.9. The Morgan fingerprint density at radius 2 is 1.82 bits per heavy atom. The Labute approximate surface area is 225 Å². The molecule has 0 fully saturated rings. The van der Waals surface area contributed by atoms with Gasteiger partial charge in [-0.15, -0.1) is 0 Å². The third kappa shape index (κ3) is 8.08. The number of nitrogens with one attached hydrogen (secondary N) is 1. The fraction of sp³-hybridized carbons (Fsp3) is 0.462. The molecule has 3 rings (SSSR count). The summed E-state index contributed by atoms with van der Waals surface area (Å²) >= 11 is 0. The number of sulfonamides is 1. The summed E-state index contributed by atoms with van der Waals surface area (Å²) in [6, 6.07) is 12.8. The Morgan fingerprint density at radius 1 is 1.15 bits per heavy atom. The number of alkyl halides is 3. The van der Waals surface area contributed by atoms with Gasteiger partial charge in [-0.25, -0.2) is 8.42 Å². The number of rotatable bonds is 12. The highest BCUT2D eigenvalue weighted by atomic mass is 32.2. The molecular weight excluding hydrogens is 539 g/mol. The fourth-order valence-corrected chi connectivity index (χ4v) is 5.78. The van der Waals surface area contributed by atoms with Crippen LogP contribution in [-0.4, -0.2) is 61.9 Å². The van der Waals surface area contributed by atoms with Crippen LogP contribution in [0.15, 0.2) is 53.4 Å². The van der Waals surface area contributed by atoms with E-state index in [-0.39, 0.29) is 36.8 Å². The monoisotopic (exact) mass is 569 g/mol. The van der Waals surface area contributed by atoms with Crippen molar-refractivity contribution in [1.29, 1.82) is 5.26 Å². The molecule has 0 saturated heterocycles. The molecule has 2 aromatic carbocycles. The molecule has 2 atom stereocenters. The highest BCUT2D eigenvalue weighted by Gasteiger charge is 2.42. The van der Waals surface area contributed by atoms with Crippen molar-refractivity contribution in [3.63, 3.8) is 0 Å². The Bertz CT molecular complexity index is 1300. The van der Waals surface area contributed by atoms with Gasteiger partial charge in [-0.05, 0) is 36.0 Å². The van der Waals surface area contributed by atoms with Gasteiger partial charge in [0.15, 0.2) is 11.5 Å². The number of halogens is 3. The number of benzene rings is 2. The number of ether oxygens (including phenoxy) is 2. The van der Waals surface area contributed by atoms with Crippen LogP contribution >= 0.6 is 0 Å². The Hall–Kier alpha value is -3.34. The molecule has 2 unspecified atom stereocenters. The van der Waals surface area contributed by atoms with Gasteiger partial charge >= 0.3 is 12.1 Å². The van der Waals surface area contributed by atoms with Gasteiger partial charge in [0.2, 0.25) is 16.8 Å². The number of aliphatic hydroxyl groups is 1. The summed E-state index contributed by atoms with van der Waals surface area (Å²) < 4.78 is 78.3. The zero-order chi connectivity index (χ0) is 28.8. The molecule has 9 nitrogen and oxygen atoms in total. The van der Waals surface area contributed by atoms with Crippen LogP contribution in [0.1, 0.15) is 32.3 Å². The molecule has 212 valence electrons. The quantitative estimate of drug-likeness (QED) is 0.401. The molecule has 0 bridgehead atoms. The second-order valence-electron chi connectivity index (χ2n) is 9.97. The van der Waals surface area contributed by atoms with Crippen molar-refractivity contribution < 1.29 is 41.0 Å². The first kappa shape index (κ1) is 30.2. The van der Waals surface area contributed by atoms with Gasteiger partial charge in [-0.1, -0.05) is 44.2 Å². The van der Waals surface area contributed by atoms with E-state index in [0.717, 1.165) is 4.31 Å². The van der Waals surface area contributed by atoms with Crippen molar-refractivity contribution in [2.24, 2.45) is 5.41 Å². The number of amides is 1. The van der Waals surface area contributed by atoms with Crippen LogP contribution in [0, 0.1) is 16.7 Å². The lowest BCUT2D eigenvalue weighted by molar-refractivity contribution is -0.175. The molecule has 2 N–H and O–H groups in total. The number of carbonyl (C=O) groups is 1. The molecule has 0 saturated carbocycles. The summed E-state index contributed by atoms with van der Waals surface area (Å²) in [7, 11) is -4.32. The number of nitrogens with zero attached hydrogens (tertiary/aromatic N) is 2. The lowest BCUT2D eigenvalue weighted by Gasteiger charge is -2.35. The minimum atomic E-state index is -5.20. The van der Waals surface area contributed by atoms with Crippen LogP contribution in [0.2, 0.25) is 0 Å². The van der Waals surface area contributed by atoms with E-state index in [2.05, 4.69) is 0 Å². The van der Waals surface area contributed by atoms with E-state index in [4.69, 9.17) is 14.7 Å². The summed E-state index contributed by atoms with van der Waals surface area (Å²) in [6.45, 7) is 2.62. The van der Waals surface area contributed by atoms with E-state index in [0.29, 0.717) is 17.7 Å². The van der Waals surface area contributed by atoms with Crippen molar-refractivity contribution in [1.82, 2.24) is 9.62 Å². The van der Waals surface area contributed by atoms with Gasteiger partial charge < -0.3 is 19.9 Å². The third-order valence-corrected chi connectivity index (χ3v) is 8.03. The number of carbonyl (C=O) groups excluding carboxylic acids is 1. The summed E-state index contributed by atoms with van der Waals surface area (Å²) in [5.41, 5.74) is -0.202. The van der Waals surface area contributed by atoms with Crippen molar-refractivity contribution in [3.8, 4) is 17.6 Å². The molecule has 0 aliphatic carbocycles. The van der Waals surface area contributed by atoms with Gasteiger partial charge in [0.1, 0.15) is 0 Å². The highest BCUT2D eigenvalue weighted by molar-refractivity contribution is 7.89. The minimum absolute atomic E-state index is 0.0808. The molecular formula is C26H30F3N3O6S. The van der Waals surface area contributed by atoms with E-state index >= 15 is 0 Å². The average molecular weight is 570 g/mol. The van der Waals surface area contributed by atoms with E-state index in [9.17, 15) is 31.5 Å². The molecule has 13 heteroatoms. The number of fused-ring (bicyclic) bond motifs is 1. The van der Waals surface area contributed by atoms with Crippen LogP contribution in [0.5, 0.6) is 11.5 Å². The number of nitriles is 1. The smallest absolute Gasteiger partial charge is 0.454 e. The highest BCUT2D eigenvalue weighted by Crippen LogP contribution is 2.35. The largest absolute Gasteiger partial charge is 0.471 e. The summed E-state index contributed by atoms with van der Waals surface area (Å²) in [5, 5.41) is 21.9. The topological polar surface area (TPSA) is 129 Å². The van der Waals surface area contributed by atoms with E-state index in [1.807, 2.05) is 11.4 Å². The molecule has 0 radical (unpaired) electrons. The van der Waals surface area contributed by atoms with Crippen LogP contribution in [0.3, 0.4) is 0 Å². The van der Waals surface area contributed by atoms with Gasteiger partial charge in [-0.3, -0.25) is 4.79 Å². The average Bonchev–Trinajstić information content (AvgIpc) is 3.34. The van der Waals surface area contributed by atoms with Crippen LogP contribution in [0.4, 0.5) is 13.2 Å². The van der Waals surface area contributed by atoms with Crippen LogP contribution < -0.4 is 14.8 Å². The molecule has 0 spiro atoms. The number of hydrogen-bond donors (Lipinski definition) is 2. The standard InChI is InChI=1S/C26H30F3N3O6S/c1-25(2,11-6-12-30)16-32(39(35,36)19-9-10-22-23(14-19)38-17-37-22)15-21(33)20(31-24(34)26(27,28)29)13-18-7-4-3-5-8-18/h3-5,7-10,14,20-21,33H,6,11,13,15-17H2,1-2H3,(H,31,34). The lowest BCUT2D eigenvalue weighted by Crippen LogP contribution is -2.54. The number of hydrogen-bond acceptors (Lipinski definition) is 7. The molecule has 1 heterocycles. The first-order valence-corrected chi connectivity index (χ1v) is 13.5. The molecule has 2 aromatic rings. The molecule has 1 aliphatic heterocycles. The zero-order valence-corrected chi connectivity index (χ0v) is 22.3. The molecule has 39 heavy (non-hydrogen) atoms. The van der Waals surface area contributed by atoms with Gasteiger partial charge in [0, 0.05) is 25.6 Å². The SMILES string of the molecule is CC(C)(CCC#N)CN(CC(O)C(Cc1ccccc1)NC(=O)C(F)(F)F)S(=O)(=O)c1ccc2c(c1)OCO2. The zero-order valence-electron chi connectivity index (χ0n) is 21.4. The maximum absolute atomic E-state index is 13.8. The Morgan fingerprint density at radius 3 is 2.46 bits per heavy atom. The minimum Gasteiger partial charge on any atom is -0.454 e. The second kappa shape index (κ2) is 12.2. The maximum Gasteiger partial charge on any atom is 0.471 e. The Kier molecular flexibility index (Phi) is 9.47. The third-order valence-electron chi connectivity index (χ3n) is 6.23. The predicted octanol–water partition coefficient (Wildman–Crippen LogP) is 3.39. The lowest BCUT2D eigenvalue weighted by atomic mass is 9.88. The summed E-state index contributed by atoms with van der Waals surface area (Å²) in [6.07, 6.45) is -6.63. The van der Waals surface area contributed by atoms with E-state index < -0.39 is 46.2 Å². The van der Waals surface area contributed by atoms with Gasteiger partial charge in [-0.2, -0.15) is 22.7 Å². The summed E-state index contributed by atoms with van der Waals surface area (Å²) in [4.78, 5) is 11.6. The van der Waals surface area contributed by atoms with Crippen molar-refractivity contribution in [2.45, 2.75) is 56.3 Å².